The highest BCUT2D eigenvalue weighted by Crippen LogP contribution is 2.25. The minimum Gasteiger partial charge on any atom is -0.289 e. The summed E-state index contributed by atoms with van der Waals surface area (Å²) in [5.41, 5.74) is 2.20. The third-order valence-corrected chi connectivity index (χ3v) is 5.72. The van der Waals surface area contributed by atoms with Gasteiger partial charge in [0.05, 0.1) is 0 Å². The van der Waals surface area contributed by atoms with Crippen molar-refractivity contribution in [3.8, 4) is 0 Å². The van der Waals surface area contributed by atoms with Gasteiger partial charge in [0.25, 0.3) is 0 Å². The van der Waals surface area contributed by atoms with Gasteiger partial charge in [-0.05, 0) is 47.7 Å². The maximum Gasteiger partial charge on any atom is 0.194 e. The summed E-state index contributed by atoms with van der Waals surface area (Å²) in [6.45, 7) is 5.85. The van der Waals surface area contributed by atoms with Gasteiger partial charge in [-0.1, -0.05) is 40.5 Å². The molecule has 0 fully saturated rings. The molecule has 4 heteroatoms. The van der Waals surface area contributed by atoms with Gasteiger partial charge in [0.1, 0.15) is 5.82 Å². The van der Waals surface area contributed by atoms with Gasteiger partial charge < -0.3 is 0 Å². The smallest absolute Gasteiger partial charge is 0.194 e. The number of rotatable bonds is 5. The molecule has 2 rings (SSSR count). The fourth-order valence-electron chi connectivity index (χ4n) is 2.05. The zero-order valence-corrected chi connectivity index (χ0v) is 14.6. The van der Waals surface area contributed by atoms with Gasteiger partial charge in [0, 0.05) is 21.4 Å². The van der Waals surface area contributed by atoms with Crippen LogP contribution in [0.3, 0.4) is 0 Å². The molecule has 22 heavy (non-hydrogen) atoms. The molecule has 2 aromatic rings. The van der Waals surface area contributed by atoms with Gasteiger partial charge in [-0.15, -0.1) is 10.5 Å². The standard InChI is InChI=1S/C18H16BrFOS/c1-3-22(4-2)12-13-5-10-16(17(19)11-13)18(21)14-6-8-15(20)9-7-14/h5-11H,1,4,12H2,2H3. The Morgan fingerprint density at radius 1 is 1.27 bits per heavy atom. The molecule has 0 spiro atoms. The Bertz CT molecular complexity index is 746. The first-order valence-electron chi connectivity index (χ1n) is 6.84. The lowest BCUT2D eigenvalue weighted by molar-refractivity contribution is 0.103. The minimum absolute atomic E-state index is 0.0379. The summed E-state index contributed by atoms with van der Waals surface area (Å²) >= 11 is 3.47. The molecular formula is C18H16BrFOS. The first kappa shape index (κ1) is 16.9. The third kappa shape index (κ3) is 4.04. The molecule has 0 aliphatic rings. The molecule has 1 nitrogen and oxygen atoms in total. The maximum atomic E-state index is 12.9. The van der Waals surface area contributed by atoms with Crippen LogP contribution in [0.5, 0.6) is 0 Å². The first-order chi connectivity index (χ1) is 10.5. The Morgan fingerprint density at radius 3 is 2.50 bits per heavy atom. The third-order valence-electron chi connectivity index (χ3n) is 3.28. The van der Waals surface area contributed by atoms with Crippen LogP contribution in [0.25, 0.3) is 0 Å². The molecule has 1 atom stereocenters. The number of ketones is 1. The normalized spacial score (nSPS) is 11.8. The molecule has 0 N–H and O–H groups in total. The SMILES string of the molecule is C=C=S(CC)Cc1ccc(C(=O)c2ccc(F)cc2)c(Br)c1. The Balaban J connectivity index is 2.28. The van der Waals surface area contributed by atoms with Crippen molar-refractivity contribution in [3.63, 3.8) is 0 Å². The van der Waals surface area contributed by atoms with Crippen molar-refractivity contribution < 1.29 is 9.18 Å². The molecule has 1 unspecified atom stereocenters. The Labute approximate surface area is 140 Å². The number of benzene rings is 2. The summed E-state index contributed by atoms with van der Waals surface area (Å²) < 4.78 is 13.7. The summed E-state index contributed by atoms with van der Waals surface area (Å²) in [4.78, 5) is 12.5. The zero-order valence-electron chi connectivity index (χ0n) is 12.2. The molecule has 0 amide bonds. The van der Waals surface area contributed by atoms with Crippen LogP contribution in [0, 0.1) is 5.82 Å². The predicted molar refractivity (Wildman–Crippen MR) is 96.4 cm³/mol. The van der Waals surface area contributed by atoms with Gasteiger partial charge in [0.2, 0.25) is 0 Å². The highest BCUT2D eigenvalue weighted by Gasteiger charge is 2.13. The van der Waals surface area contributed by atoms with E-state index in [0.29, 0.717) is 11.1 Å². The van der Waals surface area contributed by atoms with E-state index in [2.05, 4.69) is 34.5 Å². The van der Waals surface area contributed by atoms with Crippen molar-refractivity contribution in [2.75, 3.05) is 5.75 Å². The van der Waals surface area contributed by atoms with Crippen LogP contribution >= 0.6 is 26.4 Å². The summed E-state index contributed by atoms with van der Waals surface area (Å²) in [5.74, 6) is 1.42. The van der Waals surface area contributed by atoms with E-state index in [4.69, 9.17) is 0 Å². The largest absolute Gasteiger partial charge is 0.289 e. The average molecular weight is 379 g/mol. The second-order valence-corrected chi connectivity index (χ2v) is 7.72. The fourth-order valence-corrected chi connectivity index (χ4v) is 3.74. The Kier molecular flexibility index (Phi) is 5.90. The molecule has 0 aliphatic heterocycles. The molecule has 2 aromatic carbocycles. The molecule has 0 aromatic heterocycles. The number of halogens is 2. The van der Waals surface area contributed by atoms with E-state index in [9.17, 15) is 9.18 Å². The van der Waals surface area contributed by atoms with Gasteiger partial charge in [-0.3, -0.25) is 4.79 Å². The lowest BCUT2D eigenvalue weighted by Gasteiger charge is -2.08. The lowest BCUT2D eigenvalue weighted by atomic mass is 10.0. The minimum atomic E-state index is -0.349. The maximum absolute atomic E-state index is 12.9. The van der Waals surface area contributed by atoms with Crippen LogP contribution in [0.15, 0.2) is 53.5 Å². The van der Waals surface area contributed by atoms with E-state index in [0.717, 1.165) is 21.5 Å². The van der Waals surface area contributed by atoms with Crippen molar-refractivity contribution in [2.45, 2.75) is 12.7 Å². The van der Waals surface area contributed by atoms with E-state index in [1.807, 2.05) is 18.2 Å². The number of carbonyl (C=O) groups is 1. The van der Waals surface area contributed by atoms with Gasteiger partial charge in [-0.25, -0.2) is 4.39 Å². The second-order valence-electron chi connectivity index (χ2n) is 4.72. The van der Waals surface area contributed by atoms with Crippen LogP contribution in [-0.4, -0.2) is 16.6 Å². The number of hydrogen-bond acceptors (Lipinski definition) is 1. The number of hydrogen-bond donors (Lipinski definition) is 0. The van der Waals surface area contributed by atoms with E-state index in [-0.39, 0.29) is 22.1 Å². The van der Waals surface area contributed by atoms with E-state index in [1.54, 1.807) is 0 Å². The molecule has 0 radical (unpaired) electrons. The average Bonchev–Trinajstić information content (AvgIpc) is 2.53. The van der Waals surface area contributed by atoms with Crippen LogP contribution in [0.1, 0.15) is 28.4 Å². The fraction of sp³-hybridized carbons (Fsp3) is 0.167. The molecule has 0 saturated heterocycles. The second kappa shape index (κ2) is 7.68. The van der Waals surface area contributed by atoms with Crippen molar-refractivity contribution in [2.24, 2.45) is 0 Å². The van der Waals surface area contributed by atoms with Crippen LogP contribution in [-0.2, 0) is 5.75 Å². The monoisotopic (exact) mass is 378 g/mol. The molecule has 0 bridgehead atoms. The van der Waals surface area contributed by atoms with Crippen molar-refractivity contribution >= 4 is 37.2 Å². The quantitative estimate of drug-likeness (QED) is 0.516. The first-order valence-corrected chi connectivity index (χ1v) is 9.19. The van der Waals surface area contributed by atoms with E-state index >= 15 is 0 Å². The Hall–Kier alpha value is -1.48. The topological polar surface area (TPSA) is 17.1 Å². The molecule has 0 saturated carbocycles. The van der Waals surface area contributed by atoms with Crippen LogP contribution < -0.4 is 0 Å². The molecule has 114 valence electrons. The van der Waals surface area contributed by atoms with Gasteiger partial charge >= 0.3 is 0 Å². The van der Waals surface area contributed by atoms with Gasteiger partial charge in [-0.2, -0.15) is 0 Å². The number of carbonyl (C=O) groups excluding carboxylic acids is 1. The van der Waals surface area contributed by atoms with E-state index < -0.39 is 0 Å². The van der Waals surface area contributed by atoms with Crippen LogP contribution in [0.4, 0.5) is 4.39 Å². The zero-order chi connectivity index (χ0) is 16.1. The molecule has 0 heterocycles. The summed E-state index contributed by atoms with van der Waals surface area (Å²) in [7, 11) is 0.0379. The van der Waals surface area contributed by atoms with Crippen molar-refractivity contribution in [1.29, 1.82) is 0 Å². The Morgan fingerprint density at radius 2 is 1.95 bits per heavy atom. The van der Waals surface area contributed by atoms with Gasteiger partial charge in [0.15, 0.2) is 5.78 Å². The highest BCUT2D eigenvalue weighted by atomic mass is 79.9. The highest BCUT2D eigenvalue weighted by molar-refractivity contribution is 9.10. The summed E-state index contributed by atoms with van der Waals surface area (Å²) in [6.07, 6.45) is 0. The van der Waals surface area contributed by atoms with E-state index in [1.165, 1.54) is 24.3 Å². The molecule has 0 aliphatic carbocycles. The summed E-state index contributed by atoms with van der Waals surface area (Å²) in [6, 6.07) is 11.3. The summed E-state index contributed by atoms with van der Waals surface area (Å²) in [5, 5.41) is 3.05. The van der Waals surface area contributed by atoms with Crippen LogP contribution in [0.2, 0.25) is 0 Å². The van der Waals surface area contributed by atoms with Crippen molar-refractivity contribution in [1.82, 2.24) is 0 Å². The predicted octanol–water partition coefficient (Wildman–Crippen LogP) is 5.20. The lowest BCUT2D eigenvalue weighted by Crippen LogP contribution is -2.03. The van der Waals surface area contributed by atoms with Crippen molar-refractivity contribution in [3.05, 3.63) is 76.0 Å². The molecular weight excluding hydrogens is 363 g/mol.